The first-order valence-electron chi connectivity index (χ1n) is 12.0. The molecule has 1 N–H and O–H groups in total. The van der Waals surface area contributed by atoms with Crippen molar-refractivity contribution in [2.45, 2.75) is 30.8 Å². The third-order valence-corrected chi connectivity index (χ3v) is 6.79. The predicted molar refractivity (Wildman–Crippen MR) is 147 cm³/mol. The Bertz CT molecular complexity index is 1340. The zero-order valence-corrected chi connectivity index (χ0v) is 22.0. The quantitative estimate of drug-likeness (QED) is 0.148. The Morgan fingerprint density at radius 1 is 1.03 bits per heavy atom. The first-order chi connectivity index (χ1) is 18.5. The van der Waals surface area contributed by atoms with E-state index in [0.29, 0.717) is 36.8 Å². The molecule has 0 saturated carbocycles. The highest BCUT2D eigenvalue weighted by molar-refractivity contribution is 8.00. The lowest BCUT2D eigenvalue weighted by Crippen LogP contribution is -2.23. The van der Waals surface area contributed by atoms with Crippen LogP contribution in [0.4, 0.5) is 14.5 Å². The molecule has 0 unspecified atom stereocenters. The minimum absolute atomic E-state index is 0.0714. The molecular formula is C29H26ClF2N3O2S. The number of carbonyl (C=O) groups is 1. The molecule has 0 saturated heterocycles. The molecule has 0 radical (unpaired) electrons. The molecule has 0 aliphatic rings. The second-order valence-electron chi connectivity index (χ2n) is 8.38. The molecular weight excluding hydrogens is 528 g/mol. The Balaban J connectivity index is 1.39. The topological polar surface area (TPSA) is 54.5 Å². The number of para-hydroxylation sites is 1. The predicted octanol–water partition coefficient (Wildman–Crippen LogP) is 7.20. The maximum atomic E-state index is 14.8. The highest BCUT2D eigenvalue weighted by atomic mass is 35.5. The number of pyridine rings is 1. The number of hydrogen-bond donors (Lipinski definition) is 1. The van der Waals surface area contributed by atoms with Crippen LogP contribution in [0.5, 0.6) is 5.75 Å². The molecule has 0 spiro atoms. The fourth-order valence-corrected chi connectivity index (χ4v) is 4.68. The van der Waals surface area contributed by atoms with Crippen LogP contribution in [0, 0.1) is 11.6 Å². The number of rotatable bonds is 12. The molecule has 0 fully saturated rings. The smallest absolute Gasteiger partial charge is 0.220 e. The average Bonchev–Trinajstić information content (AvgIpc) is 2.93. The Morgan fingerprint density at radius 2 is 1.84 bits per heavy atom. The van der Waals surface area contributed by atoms with E-state index in [1.165, 1.54) is 18.0 Å². The number of halogens is 3. The average molecular weight is 554 g/mol. The van der Waals surface area contributed by atoms with E-state index in [1.807, 2.05) is 48.5 Å². The lowest BCUT2D eigenvalue weighted by atomic mass is 10.2. The molecule has 5 nitrogen and oxygen atoms in total. The van der Waals surface area contributed by atoms with Gasteiger partial charge >= 0.3 is 0 Å². The highest BCUT2D eigenvalue weighted by Gasteiger charge is 2.17. The molecule has 0 bridgehead atoms. The third kappa shape index (κ3) is 8.19. The van der Waals surface area contributed by atoms with E-state index < -0.39 is 11.6 Å². The van der Waals surface area contributed by atoms with E-state index in [-0.39, 0.29) is 18.1 Å². The second-order valence-corrected chi connectivity index (χ2v) is 9.91. The molecule has 4 rings (SSSR count). The van der Waals surface area contributed by atoms with E-state index in [1.54, 1.807) is 28.8 Å². The number of hydrogen-bond acceptors (Lipinski definition) is 5. The summed E-state index contributed by atoms with van der Waals surface area (Å²) in [5.41, 5.74) is 1.84. The Labute approximate surface area is 229 Å². The summed E-state index contributed by atoms with van der Waals surface area (Å²) in [6.07, 6.45) is 4.24. The number of anilines is 1. The molecule has 0 aliphatic heterocycles. The molecule has 0 aliphatic carbocycles. The summed E-state index contributed by atoms with van der Waals surface area (Å²) < 4.78 is 36.5. The van der Waals surface area contributed by atoms with Crippen LogP contribution in [0.25, 0.3) is 0 Å². The largest absolute Gasteiger partial charge is 0.493 e. The molecule has 3 aromatic carbocycles. The van der Waals surface area contributed by atoms with Gasteiger partial charge in [0.15, 0.2) is 0 Å². The van der Waals surface area contributed by atoms with Crippen molar-refractivity contribution in [1.82, 2.24) is 10.3 Å². The molecule has 1 aromatic heterocycles. The molecule has 0 atom stereocenters. The monoisotopic (exact) mass is 553 g/mol. The number of benzene rings is 3. The van der Waals surface area contributed by atoms with Crippen LogP contribution in [-0.2, 0) is 17.9 Å². The zero-order chi connectivity index (χ0) is 26.7. The van der Waals surface area contributed by atoms with E-state index in [9.17, 15) is 13.6 Å². The number of nitrogens with zero attached hydrogens (tertiary/aromatic N) is 2. The van der Waals surface area contributed by atoms with Gasteiger partial charge in [0, 0.05) is 46.9 Å². The molecule has 38 heavy (non-hydrogen) atoms. The minimum Gasteiger partial charge on any atom is -0.493 e. The summed E-state index contributed by atoms with van der Waals surface area (Å²) in [7, 11) is 0. The van der Waals surface area contributed by atoms with Gasteiger partial charge in [-0.3, -0.25) is 9.78 Å². The summed E-state index contributed by atoms with van der Waals surface area (Å²) in [5.74, 6) is -0.530. The van der Waals surface area contributed by atoms with Crippen molar-refractivity contribution in [2.24, 2.45) is 0 Å². The van der Waals surface area contributed by atoms with Crippen molar-refractivity contribution in [3.8, 4) is 5.75 Å². The molecule has 4 aromatic rings. The number of nitrogens with one attached hydrogen (secondary N) is 1. The van der Waals surface area contributed by atoms with Gasteiger partial charge in [0.1, 0.15) is 17.4 Å². The van der Waals surface area contributed by atoms with Gasteiger partial charge in [0.25, 0.3) is 0 Å². The molecule has 196 valence electrons. The molecule has 9 heteroatoms. The Kier molecular flexibility index (Phi) is 9.95. The SMILES string of the molecule is O=C(CCCOc1ccccc1CN(Sc1ccc(Cl)cc1)c1cc(F)ccc1F)NCc1cccnc1. The van der Waals surface area contributed by atoms with E-state index in [2.05, 4.69) is 10.3 Å². The van der Waals surface area contributed by atoms with Crippen molar-refractivity contribution in [3.63, 3.8) is 0 Å². The van der Waals surface area contributed by atoms with Gasteiger partial charge in [-0.1, -0.05) is 35.9 Å². The van der Waals surface area contributed by atoms with Crippen LogP contribution in [0.1, 0.15) is 24.0 Å². The van der Waals surface area contributed by atoms with Crippen molar-refractivity contribution in [1.29, 1.82) is 0 Å². The molecule has 1 heterocycles. The van der Waals surface area contributed by atoms with Crippen LogP contribution in [0.2, 0.25) is 5.02 Å². The second kappa shape index (κ2) is 13.8. The van der Waals surface area contributed by atoms with E-state index in [4.69, 9.17) is 16.3 Å². The van der Waals surface area contributed by atoms with Crippen molar-refractivity contribution in [3.05, 3.63) is 119 Å². The first-order valence-corrected chi connectivity index (χ1v) is 13.2. The summed E-state index contributed by atoms with van der Waals surface area (Å²) in [6.45, 7) is 1.000. The zero-order valence-electron chi connectivity index (χ0n) is 20.4. The van der Waals surface area contributed by atoms with Gasteiger partial charge in [-0.2, -0.15) is 0 Å². The first kappa shape index (κ1) is 27.4. The number of carbonyl (C=O) groups excluding carboxylic acids is 1. The fourth-order valence-electron chi connectivity index (χ4n) is 3.60. The van der Waals surface area contributed by atoms with Crippen LogP contribution in [0.3, 0.4) is 0 Å². The van der Waals surface area contributed by atoms with Gasteiger partial charge in [-0.15, -0.1) is 0 Å². The highest BCUT2D eigenvalue weighted by Crippen LogP contribution is 2.35. The normalized spacial score (nSPS) is 10.7. The maximum absolute atomic E-state index is 14.8. The lowest BCUT2D eigenvalue weighted by molar-refractivity contribution is -0.121. The third-order valence-electron chi connectivity index (χ3n) is 5.51. The lowest BCUT2D eigenvalue weighted by Gasteiger charge is -2.25. The summed E-state index contributed by atoms with van der Waals surface area (Å²) in [4.78, 5) is 17.0. The van der Waals surface area contributed by atoms with Crippen molar-refractivity contribution >= 4 is 35.1 Å². The Hall–Kier alpha value is -3.62. The fraction of sp³-hybridized carbons (Fsp3) is 0.172. The minimum atomic E-state index is -0.538. The van der Waals surface area contributed by atoms with Crippen molar-refractivity contribution in [2.75, 3.05) is 10.9 Å². The van der Waals surface area contributed by atoms with Gasteiger partial charge in [-0.25, -0.2) is 8.78 Å². The van der Waals surface area contributed by atoms with Gasteiger partial charge in [0.05, 0.1) is 18.8 Å². The van der Waals surface area contributed by atoms with Gasteiger partial charge in [-0.05, 0) is 72.5 Å². The number of aromatic nitrogens is 1. The van der Waals surface area contributed by atoms with Gasteiger partial charge in [0.2, 0.25) is 5.91 Å². The summed E-state index contributed by atoms with van der Waals surface area (Å²) in [5, 5.41) is 3.46. The summed E-state index contributed by atoms with van der Waals surface area (Å²) in [6, 6.07) is 21.6. The van der Waals surface area contributed by atoms with Crippen LogP contribution in [0.15, 0.2) is 96.2 Å². The number of amides is 1. The van der Waals surface area contributed by atoms with Crippen molar-refractivity contribution < 1.29 is 18.3 Å². The Morgan fingerprint density at radius 3 is 2.63 bits per heavy atom. The van der Waals surface area contributed by atoms with Gasteiger partial charge < -0.3 is 14.4 Å². The van der Waals surface area contributed by atoms with Crippen LogP contribution >= 0.6 is 23.5 Å². The van der Waals surface area contributed by atoms with Crippen LogP contribution in [-0.4, -0.2) is 17.5 Å². The maximum Gasteiger partial charge on any atom is 0.220 e. The van der Waals surface area contributed by atoms with E-state index >= 15 is 0 Å². The molecule has 1 amide bonds. The summed E-state index contributed by atoms with van der Waals surface area (Å²) >= 11 is 7.28. The van der Waals surface area contributed by atoms with E-state index in [0.717, 1.165) is 28.2 Å². The standard InChI is InChI=1S/C29H26ClF2N3O2S/c30-23-9-12-25(13-10-23)38-35(27-17-24(31)11-14-26(27)32)20-22-6-1-2-7-28(22)37-16-4-8-29(36)34-19-21-5-3-15-33-18-21/h1-3,5-7,9-15,17-18H,4,8,16,19-20H2,(H,34,36). The van der Waals surface area contributed by atoms with Crippen LogP contribution < -0.4 is 14.4 Å². The number of ether oxygens (including phenoxy) is 1.